The lowest BCUT2D eigenvalue weighted by molar-refractivity contribution is -0.131. The van der Waals surface area contributed by atoms with E-state index in [9.17, 15) is 14.4 Å². The maximum absolute atomic E-state index is 13.0. The number of nitrogens with one attached hydrogen (secondary N) is 3. The number of aromatic nitrogens is 4. The van der Waals surface area contributed by atoms with Gasteiger partial charge in [0.1, 0.15) is 24.4 Å². The minimum absolute atomic E-state index is 0.0279. The summed E-state index contributed by atoms with van der Waals surface area (Å²) >= 11 is 0. The van der Waals surface area contributed by atoms with Crippen LogP contribution in [0.2, 0.25) is 0 Å². The highest BCUT2D eigenvalue weighted by Gasteiger charge is 2.33. The summed E-state index contributed by atoms with van der Waals surface area (Å²) in [5, 5.41) is 18.3. The van der Waals surface area contributed by atoms with Crippen molar-refractivity contribution < 1.29 is 14.4 Å². The van der Waals surface area contributed by atoms with Gasteiger partial charge in [-0.2, -0.15) is 5.26 Å². The van der Waals surface area contributed by atoms with Crippen LogP contribution in [0, 0.1) is 17.2 Å². The van der Waals surface area contributed by atoms with Gasteiger partial charge in [-0.15, -0.1) is 0 Å². The molecular formula is C28H35N11O3. The molecule has 0 spiro atoms. The van der Waals surface area contributed by atoms with Gasteiger partial charge in [0.25, 0.3) is 0 Å². The molecule has 3 aromatic rings. The number of piperazine rings is 1. The standard InChI is InChI=1S/C28H35N11O3/c1-19-6-11-38(25(41)5-8-29)17-22(19)36(2)26-21-7-12-39(27(21)34-18-33-26)28(42)32-16-24(40)35-23-4-3-20(15-31-23)37-13-9-30-10-14-37/h3-4,7,12,15,18-19,22,30H,5-6,9-11,13-14,16-17H2,1-2H3,(H,32,42)(H,31,35,40)/t19-,22+/m1/s1. The minimum Gasteiger partial charge on any atom is -0.368 e. The summed E-state index contributed by atoms with van der Waals surface area (Å²) in [4.78, 5) is 57.0. The Kier molecular flexibility index (Phi) is 8.77. The minimum atomic E-state index is -0.506. The molecular weight excluding hydrogens is 538 g/mol. The molecule has 0 aliphatic carbocycles. The maximum atomic E-state index is 13.0. The van der Waals surface area contributed by atoms with E-state index in [-0.39, 0.29) is 30.8 Å². The van der Waals surface area contributed by atoms with Crippen molar-refractivity contribution in [3.8, 4) is 6.07 Å². The molecule has 0 unspecified atom stereocenters. The van der Waals surface area contributed by atoms with Gasteiger partial charge in [0.15, 0.2) is 5.65 Å². The van der Waals surface area contributed by atoms with Gasteiger partial charge in [0, 0.05) is 52.5 Å². The molecule has 2 aliphatic heterocycles. The summed E-state index contributed by atoms with van der Waals surface area (Å²) in [7, 11) is 1.91. The first kappa shape index (κ1) is 28.7. The molecule has 42 heavy (non-hydrogen) atoms. The average Bonchev–Trinajstić information content (AvgIpc) is 3.45. The summed E-state index contributed by atoms with van der Waals surface area (Å²) in [5.74, 6) is 0.739. The van der Waals surface area contributed by atoms with Gasteiger partial charge in [-0.25, -0.2) is 19.7 Å². The number of hydrogen-bond acceptors (Lipinski definition) is 10. The molecule has 5 heterocycles. The number of pyridine rings is 1. The molecule has 14 heteroatoms. The second-order valence-corrected chi connectivity index (χ2v) is 10.6. The number of fused-ring (bicyclic) bond motifs is 1. The Hall–Kier alpha value is -4.77. The van der Waals surface area contributed by atoms with E-state index in [0.717, 1.165) is 38.3 Å². The zero-order chi connectivity index (χ0) is 29.6. The summed E-state index contributed by atoms with van der Waals surface area (Å²) in [6.45, 7) is 6.63. The number of likely N-dealkylation sites (tertiary alicyclic amines) is 1. The Labute approximate surface area is 243 Å². The fourth-order valence-electron chi connectivity index (χ4n) is 5.50. The molecule has 0 bridgehead atoms. The van der Waals surface area contributed by atoms with Crippen LogP contribution in [0.5, 0.6) is 0 Å². The van der Waals surface area contributed by atoms with Crippen molar-refractivity contribution in [3.63, 3.8) is 0 Å². The molecule has 3 N–H and O–H groups in total. The molecule has 2 aliphatic rings. The van der Waals surface area contributed by atoms with E-state index in [4.69, 9.17) is 5.26 Å². The number of rotatable bonds is 7. The quantitative estimate of drug-likeness (QED) is 0.372. The first-order valence-corrected chi connectivity index (χ1v) is 14.0. The van der Waals surface area contributed by atoms with E-state index in [0.29, 0.717) is 35.8 Å². The third kappa shape index (κ3) is 6.26. The van der Waals surface area contributed by atoms with Crippen molar-refractivity contribution in [3.05, 3.63) is 36.9 Å². The van der Waals surface area contributed by atoms with E-state index < -0.39 is 11.9 Å². The lowest BCUT2D eigenvalue weighted by Crippen LogP contribution is -2.52. The van der Waals surface area contributed by atoms with Crippen LogP contribution in [0.25, 0.3) is 11.0 Å². The topological polar surface area (TPSA) is 164 Å². The molecule has 2 saturated heterocycles. The number of piperidine rings is 1. The Morgan fingerprint density at radius 2 is 1.95 bits per heavy atom. The van der Waals surface area contributed by atoms with Gasteiger partial charge in [0.05, 0.1) is 35.9 Å². The zero-order valence-electron chi connectivity index (χ0n) is 23.8. The zero-order valence-corrected chi connectivity index (χ0v) is 23.8. The lowest BCUT2D eigenvalue weighted by atomic mass is 9.92. The second kappa shape index (κ2) is 12.8. The third-order valence-electron chi connectivity index (χ3n) is 7.91. The van der Waals surface area contributed by atoms with E-state index in [1.807, 2.05) is 24.1 Å². The number of likely N-dealkylation sites (N-methyl/N-ethyl adjacent to an activating group) is 1. The largest absolute Gasteiger partial charge is 0.368 e. The van der Waals surface area contributed by atoms with Gasteiger partial charge in [-0.05, 0) is 30.5 Å². The predicted molar refractivity (Wildman–Crippen MR) is 157 cm³/mol. The highest BCUT2D eigenvalue weighted by Crippen LogP contribution is 2.29. The van der Waals surface area contributed by atoms with Crippen molar-refractivity contribution in [1.29, 1.82) is 5.26 Å². The van der Waals surface area contributed by atoms with Gasteiger partial charge in [-0.3, -0.25) is 14.2 Å². The number of carbonyl (C=O) groups is 3. The first-order valence-electron chi connectivity index (χ1n) is 14.0. The third-order valence-corrected chi connectivity index (χ3v) is 7.91. The van der Waals surface area contributed by atoms with Crippen LogP contribution in [-0.2, 0) is 9.59 Å². The smallest absolute Gasteiger partial charge is 0.327 e. The molecule has 2 atom stereocenters. The van der Waals surface area contributed by atoms with E-state index in [2.05, 4.69) is 42.7 Å². The number of carbonyl (C=O) groups excluding carboxylic acids is 3. The summed E-state index contributed by atoms with van der Waals surface area (Å²) in [5.41, 5.74) is 1.40. The van der Waals surface area contributed by atoms with Gasteiger partial charge in [-0.1, -0.05) is 6.92 Å². The predicted octanol–water partition coefficient (Wildman–Crippen LogP) is 1.02. The van der Waals surface area contributed by atoms with E-state index >= 15 is 0 Å². The molecule has 220 valence electrons. The summed E-state index contributed by atoms with van der Waals surface area (Å²) in [6, 6.07) is 6.83. The number of amides is 3. The SMILES string of the molecule is C[C@@H]1CCN(C(=O)CC#N)C[C@@H]1N(C)c1ncnc2c1ccn2C(=O)NCC(=O)Nc1ccc(N2CCNCC2)cn1. The van der Waals surface area contributed by atoms with Gasteiger partial charge in [0.2, 0.25) is 11.8 Å². The molecule has 14 nitrogen and oxygen atoms in total. The van der Waals surface area contributed by atoms with Crippen LogP contribution >= 0.6 is 0 Å². The van der Waals surface area contributed by atoms with Crippen molar-refractivity contribution >= 4 is 46.2 Å². The van der Waals surface area contributed by atoms with Crippen LogP contribution in [0.3, 0.4) is 0 Å². The first-order chi connectivity index (χ1) is 20.4. The average molecular weight is 574 g/mol. The normalized spacial score (nSPS) is 18.8. The number of nitriles is 1. The number of hydrogen-bond donors (Lipinski definition) is 3. The lowest BCUT2D eigenvalue weighted by Gasteiger charge is -2.42. The molecule has 3 amide bonds. The van der Waals surface area contributed by atoms with Crippen molar-refractivity contribution in [2.75, 3.05) is 68.0 Å². The number of anilines is 3. The van der Waals surface area contributed by atoms with Crippen LogP contribution in [0.15, 0.2) is 36.9 Å². The fraction of sp³-hybridized carbons (Fsp3) is 0.464. The van der Waals surface area contributed by atoms with Gasteiger partial charge < -0.3 is 30.7 Å². The van der Waals surface area contributed by atoms with E-state index in [1.54, 1.807) is 29.4 Å². The van der Waals surface area contributed by atoms with Crippen molar-refractivity contribution in [2.45, 2.75) is 25.8 Å². The second-order valence-electron chi connectivity index (χ2n) is 10.6. The molecule has 0 saturated carbocycles. The Balaban J connectivity index is 1.21. The molecule has 5 rings (SSSR count). The van der Waals surface area contributed by atoms with E-state index in [1.165, 1.54) is 10.9 Å². The van der Waals surface area contributed by atoms with Gasteiger partial charge >= 0.3 is 6.03 Å². The van der Waals surface area contributed by atoms with Crippen LogP contribution in [0.1, 0.15) is 19.8 Å². The Morgan fingerprint density at radius 1 is 1.14 bits per heavy atom. The van der Waals surface area contributed by atoms with Crippen molar-refractivity contribution in [2.24, 2.45) is 5.92 Å². The van der Waals surface area contributed by atoms with Crippen LogP contribution in [0.4, 0.5) is 22.1 Å². The molecule has 0 aromatic carbocycles. The molecule has 0 radical (unpaired) electrons. The summed E-state index contributed by atoms with van der Waals surface area (Å²) < 4.78 is 1.34. The van der Waals surface area contributed by atoms with Crippen LogP contribution < -0.4 is 25.8 Å². The molecule has 3 aromatic heterocycles. The number of nitrogens with zero attached hydrogens (tertiary/aromatic N) is 8. The summed E-state index contributed by atoms with van der Waals surface area (Å²) in [6.07, 6.45) is 5.38. The Morgan fingerprint density at radius 3 is 2.69 bits per heavy atom. The highest BCUT2D eigenvalue weighted by molar-refractivity contribution is 5.97. The highest BCUT2D eigenvalue weighted by atomic mass is 16.2. The monoisotopic (exact) mass is 573 g/mol. The fourth-order valence-corrected chi connectivity index (χ4v) is 5.50. The van der Waals surface area contributed by atoms with Crippen LogP contribution in [-0.4, -0.2) is 101 Å². The maximum Gasteiger partial charge on any atom is 0.327 e. The Bertz CT molecular complexity index is 1480. The van der Waals surface area contributed by atoms with Crippen molar-refractivity contribution in [1.82, 2.24) is 35.1 Å². The molecule has 2 fully saturated rings.